The first kappa shape index (κ1) is 15.5. The lowest BCUT2D eigenvalue weighted by Gasteiger charge is -2.39. The summed E-state index contributed by atoms with van der Waals surface area (Å²) >= 11 is 0. The van der Waals surface area contributed by atoms with Crippen molar-refractivity contribution < 1.29 is 18.4 Å². The van der Waals surface area contributed by atoms with Gasteiger partial charge in [0.1, 0.15) is 0 Å². The summed E-state index contributed by atoms with van der Waals surface area (Å²) in [5, 5.41) is 2.97. The highest BCUT2D eigenvalue weighted by Crippen LogP contribution is 2.35. The molecule has 1 saturated heterocycles. The lowest BCUT2D eigenvalue weighted by atomic mass is 10.0. The fourth-order valence-corrected chi connectivity index (χ4v) is 3.89. The minimum atomic E-state index is -0.158. The molecule has 24 heavy (non-hydrogen) atoms. The van der Waals surface area contributed by atoms with E-state index >= 15 is 0 Å². The van der Waals surface area contributed by atoms with E-state index in [0.717, 1.165) is 32.5 Å². The monoisotopic (exact) mass is 330 g/mol. The average molecular weight is 330 g/mol. The Morgan fingerprint density at radius 3 is 3.04 bits per heavy atom. The molecule has 1 aliphatic carbocycles. The molecule has 0 spiro atoms. The largest absolute Gasteiger partial charge is 0.472 e. The van der Waals surface area contributed by atoms with Crippen molar-refractivity contribution in [2.75, 3.05) is 19.7 Å². The fraction of sp³-hybridized carbons (Fsp3) is 0.500. The lowest BCUT2D eigenvalue weighted by Crippen LogP contribution is -2.50. The van der Waals surface area contributed by atoms with Crippen LogP contribution in [0.1, 0.15) is 29.0 Å². The Labute approximate surface area is 140 Å². The third kappa shape index (κ3) is 3.12. The van der Waals surface area contributed by atoms with E-state index in [1.807, 2.05) is 6.07 Å². The molecule has 1 saturated carbocycles. The number of carbonyl (C=O) groups excluding carboxylic acids is 1. The van der Waals surface area contributed by atoms with Gasteiger partial charge in [0.25, 0.3) is 5.91 Å². The molecule has 6 heteroatoms. The fourth-order valence-electron chi connectivity index (χ4n) is 3.89. The van der Waals surface area contributed by atoms with Crippen molar-refractivity contribution in [1.29, 1.82) is 0 Å². The predicted octanol–water partition coefficient (Wildman–Crippen LogP) is 2.28. The number of fused-ring (bicyclic) bond motifs is 1. The molecule has 0 aromatic carbocycles. The number of hydrogen-bond donors (Lipinski definition) is 1. The van der Waals surface area contributed by atoms with Crippen LogP contribution in [-0.2, 0) is 11.3 Å². The van der Waals surface area contributed by atoms with Gasteiger partial charge in [0.15, 0.2) is 5.76 Å². The summed E-state index contributed by atoms with van der Waals surface area (Å²) in [6.45, 7) is 3.20. The topological polar surface area (TPSA) is 67.8 Å². The minimum Gasteiger partial charge on any atom is -0.472 e. The van der Waals surface area contributed by atoms with Crippen LogP contribution in [0.3, 0.4) is 0 Å². The van der Waals surface area contributed by atoms with Crippen molar-refractivity contribution in [3.63, 3.8) is 0 Å². The van der Waals surface area contributed by atoms with Crippen molar-refractivity contribution in [1.82, 2.24) is 10.2 Å². The van der Waals surface area contributed by atoms with Crippen LogP contribution in [0.4, 0.5) is 0 Å². The molecule has 2 aromatic heterocycles. The van der Waals surface area contributed by atoms with E-state index in [0.29, 0.717) is 24.3 Å². The summed E-state index contributed by atoms with van der Waals surface area (Å²) in [4.78, 5) is 14.5. The molecular weight excluding hydrogens is 308 g/mol. The molecule has 0 bridgehead atoms. The van der Waals surface area contributed by atoms with Gasteiger partial charge in [-0.05, 0) is 31.0 Å². The molecule has 1 amide bonds. The van der Waals surface area contributed by atoms with Gasteiger partial charge in [0, 0.05) is 37.2 Å². The van der Waals surface area contributed by atoms with Gasteiger partial charge in [-0.15, -0.1) is 0 Å². The number of nitrogens with zero attached hydrogens (tertiary/aromatic N) is 1. The Morgan fingerprint density at radius 2 is 2.25 bits per heavy atom. The summed E-state index contributed by atoms with van der Waals surface area (Å²) in [6.07, 6.45) is 7.38. The van der Waals surface area contributed by atoms with Crippen LogP contribution in [0.25, 0.3) is 0 Å². The highest BCUT2D eigenvalue weighted by Gasteiger charge is 2.42. The van der Waals surface area contributed by atoms with E-state index in [9.17, 15) is 4.79 Å². The Morgan fingerprint density at radius 1 is 1.29 bits per heavy atom. The average Bonchev–Trinajstić information content (AvgIpc) is 3.34. The molecule has 0 unspecified atom stereocenters. The number of hydrogen-bond acceptors (Lipinski definition) is 5. The maximum Gasteiger partial charge on any atom is 0.286 e. The minimum absolute atomic E-state index is 0.158. The maximum absolute atomic E-state index is 12.0. The second-order valence-electron chi connectivity index (χ2n) is 6.53. The predicted molar refractivity (Wildman–Crippen MR) is 86.4 cm³/mol. The number of nitrogens with one attached hydrogen (secondary N) is 1. The Balaban J connectivity index is 1.35. The maximum atomic E-state index is 12.0. The third-order valence-corrected chi connectivity index (χ3v) is 5.07. The number of amides is 1. The molecular formula is C18H22N2O4. The van der Waals surface area contributed by atoms with Gasteiger partial charge >= 0.3 is 0 Å². The molecule has 128 valence electrons. The van der Waals surface area contributed by atoms with Crippen molar-refractivity contribution in [3.05, 3.63) is 48.3 Å². The van der Waals surface area contributed by atoms with Crippen LogP contribution < -0.4 is 5.32 Å². The molecule has 4 rings (SSSR count). The number of morpholine rings is 1. The van der Waals surface area contributed by atoms with Crippen LogP contribution >= 0.6 is 0 Å². The van der Waals surface area contributed by atoms with Gasteiger partial charge in [0.2, 0.25) is 0 Å². The number of carbonyl (C=O) groups is 1. The molecule has 6 nitrogen and oxygen atoms in total. The molecule has 2 aliphatic rings. The zero-order valence-electron chi connectivity index (χ0n) is 13.5. The Kier molecular flexibility index (Phi) is 4.40. The van der Waals surface area contributed by atoms with E-state index in [1.165, 1.54) is 11.8 Å². The number of rotatable bonds is 5. The smallest absolute Gasteiger partial charge is 0.286 e. The number of ether oxygens (including phenoxy) is 1. The van der Waals surface area contributed by atoms with Crippen molar-refractivity contribution in [3.8, 4) is 0 Å². The first-order valence-corrected chi connectivity index (χ1v) is 8.49. The van der Waals surface area contributed by atoms with Gasteiger partial charge < -0.3 is 18.9 Å². The zero-order valence-corrected chi connectivity index (χ0v) is 13.5. The van der Waals surface area contributed by atoms with E-state index < -0.39 is 0 Å². The van der Waals surface area contributed by atoms with Crippen molar-refractivity contribution >= 4 is 5.91 Å². The molecule has 3 atom stereocenters. The van der Waals surface area contributed by atoms with E-state index in [1.54, 1.807) is 24.7 Å². The summed E-state index contributed by atoms with van der Waals surface area (Å²) in [7, 11) is 0. The molecule has 1 aliphatic heterocycles. The second kappa shape index (κ2) is 6.83. The third-order valence-electron chi connectivity index (χ3n) is 5.07. The normalized spacial score (nSPS) is 27.1. The highest BCUT2D eigenvalue weighted by atomic mass is 16.5. The quantitative estimate of drug-likeness (QED) is 0.911. The SMILES string of the molecule is O=C(NC[C@@H]1CC[C@H]2[C@@H]1OCCN2Cc1ccoc1)c1ccco1. The Bertz CT molecular complexity index is 653. The second-order valence-corrected chi connectivity index (χ2v) is 6.53. The summed E-state index contributed by atoms with van der Waals surface area (Å²) in [5.41, 5.74) is 1.20. The van der Waals surface area contributed by atoms with Crippen LogP contribution in [0, 0.1) is 5.92 Å². The standard InChI is InChI=1S/C18H22N2O4/c21-18(16-2-1-7-23-16)19-10-14-3-4-15-17(14)24-9-6-20(15)11-13-5-8-22-12-13/h1-2,5,7-8,12,14-15,17H,3-4,6,9-11H2,(H,19,21)/t14-,15-,17+/m0/s1. The van der Waals surface area contributed by atoms with E-state index in [2.05, 4.69) is 10.2 Å². The van der Waals surface area contributed by atoms with Crippen molar-refractivity contribution in [2.45, 2.75) is 31.5 Å². The Hall–Kier alpha value is -2.05. The van der Waals surface area contributed by atoms with Gasteiger partial charge in [-0.1, -0.05) is 0 Å². The zero-order chi connectivity index (χ0) is 16.4. The van der Waals surface area contributed by atoms with Gasteiger partial charge in [-0.2, -0.15) is 0 Å². The summed E-state index contributed by atoms with van der Waals surface area (Å²) in [5.74, 6) is 0.547. The summed E-state index contributed by atoms with van der Waals surface area (Å²) in [6, 6.07) is 5.83. The van der Waals surface area contributed by atoms with E-state index in [-0.39, 0.29) is 12.0 Å². The van der Waals surface area contributed by atoms with Crippen molar-refractivity contribution in [2.24, 2.45) is 5.92 Å². The van der Waals surface area contributed by atoms with Gasteiger partial charge in [-0.25, -0.2) is 0 Å². The molecule has 2 fully saturated rings. The van der Waals surface area contributed by atoms with E-state index in [4.69, 9.17) is 13.6 Å². The lowest BCUT2D eigenvalue weighted by molar-refractivity contribution is -0.0758. The summed E-state index contributed by atoms with van der Waals surface area (Å²) < 4.78 is 16.4. The first-order chi connectivity index (χ1) is 11.8. The van der Waals surface area contributed by atoms with Crippen LogP contribution in [0.5, 0.6) is 0 Å². The van der Waals surface area contributed by atoms with Gasteiger partial charge in [0.05, 0.1) is 31.5 Å². The highest BCUT2D eigenvalue weighted by molar-refractivity contribution is 5.91. The molecule has 2 aromatic rings. The molecule has 1 N–H and O–H groups in total. The van der Waals surface area contributed by atoms with Crippen LogP contribution in [-0.4, -0.2) is 42.6 Å². The first-order valence-electron chi connectivity index (χ1n) is 8.49. The van der Waals surface area contributed by atoms with Crippen LogP contribution in [0.15, 0.2) is 45.8 Å². The molecule has 3 heterocycles. The number of furan rings is 2. The van der Waals surface area contributed by atoms with Gasteiger partial charge in [-0.3, -0.25) is 9.69 Å². The van der Waals surface area contributed by atoms with Crippen LogP contribution in [0.2, 0.25) is 0 Å². The molecule has 0 radical (unpaired) electrons.